The van der Waals surface area contributed by atoms with Crippen molar-refractivity contribution in [2.45, 2.75) is 18.6 Å². The Morgan fingerprint density at radius 1 is 1.20 bits per heavy atom. The molecule has 2 aliphatic rings. The third-order valence-corrected chi connectivity index (χ3v) is 3.74. The van der Waals surface area contributed by atoms with E-state index in [9.17, 15) is 18.0 Å². The summed E-state index contributed by atoms with van der Waals surface area (Å²) in [6.45, 7) is 3.45. The molecule has 0 spiro atoms. The Bertz CT molecular complexity index is 332. The Kier molecular flexibility index (Phi) is 5.22. The van der Waals surface area contributed by atoms with Gasteiger partial charge in [-0.2, -0.15) is 13.2 Å². The number of morpholine rings is 1. The molecule has 116 valence electrons. The minimum atomic E-state index is -4.32. The second-order valence-corrected chi connectivity index (χ2v) is 5.10. The maximum absolute atomic E-state index is 13.0. The van der Waals surface area contributed by atoms with E-state index in [4.69, 9.17) is 4.74 Å². The van der Waals surface area contributed by atoms with E-state index in [1.165, 1.54) is 4.90 Å². The van der Waals surface area contributed by atoms with Crippen LogP contribution in [0.2, 0.25) is 0 Å². The van der Waals surface area contributed by atoms with Gasteiger partial charge in [-0.1, -0.05) is 0 Å². The van der Waals surface area contributed by atoms with Crippen LogP contribution >= 0.6 is 0 Å². The highest BCUT2D eigenvalue weighted by atomic mass is 19.4. The topological polar surface area (TPSA) is 44.8 Å². The van der Waals surface area contributed by atoms with Crippen molar-refractivity contribution in [1.82, 2.24) is 15.1 Å². The lowest BCUT2D eigenvalue weighted by Gasteiger charge is -2.34. The average Bonchev–Trinajstić information content (AvgIpc) is 2.59. The van der Waals surface area contributed by atoms with Crippen LogP contribution in [0.1, 0.15) is 6.42 Å². The number of alkyl halides is 3. The molecular formula is C12H20F3N3O2. The van der Waals surface area contributed by atoms with E-state index in [1.807, 2.05) is 0 Å². The molecule has 1 amide bonds. The van der Waals surface area contributed by atoms with Crippen molar-refractivity contribution in [3.8, 4) is 0 Å². The van der Waals surface area contributed by atoms with Crippen molar-refractivity contribution < 1.29 is 22.7 Å². The van der Waals surface area contributed by atoms with Gasteiger partial charge in [0, 0.05) is 45.7 Å². The quantitative estimate of drug-likeness (QED) is 0.800. The van der Waals surface area contributed by atoms with Gasteiger partial charge in [0.25, 0.3) is 0 Å². The molecule has 0 bridgehead atoms. The lowest BCUT2D eigenvalue weighted by molar-refractivity contribution is -0.181. The van der Waals surface area contributed by atoms with E-state index in [2.05, 4.69) is 10.2 Å². The summed E-state index contributed by atoms with van der Waals surface area (Å²) < 4.78 is 44.3. The van der Waals surface area contributed by atoms with E-state index >= 15 is 0 Å². The van der Waals surface area contributed by atoms with Gasteiger partial charge in [0.15, 0.2) is 0 Å². The highest BCUT2D eigenvalue weighted by Crippen LogP contribution is 2.25. The Balaban J connectivity index is 1.92. The highest BCUT2D eigenvalue weighted by Gasteiger charge is 2.44. The van der Waals surface area contributed by atoms with Gasteiger partial charge in [-0.05, 0) is 0 Å². The molecule has 2 aliphatic heterocycles. The molecule has 1 unspecified atom stereocenters. The van der Waals surface area contributed by atoms with Crippen molar-refractivity contribution in [1.29, 1.82) is 0 Å². The predicted octanol–water partition coefficient (Wildman–Crippen LogP) is 0.0714. The van der Waals surface area contributed by atoms with Gasteiger partial charge in [-0.3, -0.25) is 14.6 Å². The van der Waals surface area contributed by atoms with E-state index in [1.54, 1.807) is 0 Å². The molecular weight excluding hydrogens is 275 g/mol. The summed E-state index contributed by atoms with van der Waals surface area (Å²) in [6.07, 6.45) is -4.20. The van der Waals surface area contributed by atoms with Crippen molar-refractivity contribution in [3.05, 3.63) is 0 Å². The zero-order valence-corrected chi connectivity index (χ0v) is 11.3. The molecule has 2 fully saturated rings. The predicted molar refractivity (Wildman–Crippen MR) is 66.3 cm³/mol. The Morgan fingerprint density at radius 3 is 2.55 bits per heavy atom. The standard InChI is InChI=1S/C12H20F3N3O2/c13-12(14,15)10-9-16-11(19)1-2-18(10)4-3-17-5-7-20-8-6-17/h10H,1-9H2,(H,16,19). The van der Waals surface area contributed by atoms with Crippen LogP contribution in [0.15, 0.2) is 0 Å². The number of rotatable bonds is 3. The van der Waals surface area contributed by atoms with E-state index in [0.717, 1.165) is 13.1 Å². The number of carbonyl (C=O) groups is 1. The first-order chi connectivity index (χ1) is 9.47. The highest BCUT2D eigenvalue weighted by molar-refractivity contribution is 5.76. The van der Waals surface area contributed by atoms with Gasteiger partial charge < -0.3 is 10.1 Å². The molecule has 1 atom stereocenters. The number of amides is 1. The molecule has 2 heterocycles. The third-order valence-electron chi connectivity index (χ3n) is 3.74. The summed E-state index contributed by atoms with van der Waals surface area (Å²) >= 11 is 0. The molecule has 2 rings (SSSR count). The number of hydrogen-bond donors (Lipinski definition) is 1. The molecule has 2 saturated heterocycles. The number of halogens is 3. The van der Waals surface area contributed by atoms with Crippen LogP contribution in [0.4, 0.5) is 13.2 Å². The summed E-state index contributed by atoms with van der Waals surface area (Å²) in [5.74, 6) is -0.312. The molecule has 0 aromatic carbocycles. The molecule has 0 radical (unpaired) electrons. The fraction of sp³-hybridized carbons (Fsp3) is 0.917. The zero-order chi connectivity index (χ0) is 14.6. The maximum atomic E-state index is 13.0. The SMILES string of the molecule is O=C1CCN(CCN2CCOCC2)C(C(F)(F)F)CN1. The molecule has 8 heteroatoms. The molecule has 0 saturated carbocycles. The van der Waals surface area contributed by atoms with Crippen molar-refractivity contribution in [3.63, 3.8) is 0 Å². The second kappa shape index (κ2) is 6.73. The van der Waals surface area contributed by atoms with Crippen LogP contribution in [-0.2, 0) is 9.53 Å². The number of ether oxygens (including phenoxy) is 1. The van der Waals surface area contributed by atoms with Crippen molar-refractivity contribution >= 4 is 5.91 Å². The lowest BCUT2D eigenvalue weighted by Crippen LogP contribution is -2.52. The molecule has 0 aliphatic carbocycles. The Labute approximate surface area is 116 Å². The van der Waals surface area contributed by atoms with Crippen LogP contribution in [0.5, 0.6) is 0 Å². The van der Waals surface area contributed by atoms with E-state index in [0.29, 0.717) is 26.3 Å². The Hall–Kier alpha value is -0.860. The number of nitrogens with one attached hydrogen (secondary N) is 1. The maximum Gasteiger partial charge on any atom is 0.405 e. The number of hydrogen-bond acceptors (Lipinski definition) is 4. The van der Waals surface area contributed by atoms with Gasteiger partial charge >= 0.3 is 6.18 Å². The van der Waals surface area contributed by atoms with Crippen LogP contribution in [0.25, 0.3) is 0 Å². The first-order valence-corrected chi connectivity index (χ1v) is 6.84. The van der Waals surface area contributed by atoms with Crippen LogP contribution < -0.4 is 5.32 Å². The molecule has 1 N–H and O–H groups in total. The number of carbonyl (C=O) groups excluding carboxylic acids is 1. The van der Waals surface area contributed by atoms with Crippen LogP contribution in [-0.4, -0.2) is 80.4 Å². The minimum absolute atomic E-state index is 0.121. The van der Waals surface area contributed by atoms with Crippen molar-refractivity contribution in [2.75, 3.05) is 52.5 Å². The normalized spacial score (nSPS) is 27.1. The average molecular weight is 295 g/mol. The first kappa shape index (κ1) is 15.5. The summed E-state index contributed by atoms with van der Waals surface area (Å²) in [4.78, 5) is 14.7. The van der Waals surface area contributed by atoms with Crippen LogP contribution in [0, 0.1) is 0 Å². The second-order valence-electron chi connectivity index (χ2n) is 5.10. The summed E-state index contributed by atoms with van der Waals surface area (Å²) in [5.41, 5.74) is 0. The lowest BCUT2D eigenvalue weighted by atomic mass is 10.2. The third kappa shape index (κ3) is 4.32. The number of nitrogens with zero attached hydrogens (tertiary/aromatic N) is 2. The molecule has 0 aromatic rings. The van der Waals surface area contributed by atoms with Gasteiger partial charge in [-0.25, -0.2) is 0 Å². The monoisotopic (exact) mass is 295 g/mol. The van der Waals surface area contributed by atoms with Gasteiger partial charge in [0.2, 0.25) is 5.91 Å². The van der Waals surface area contributed by atoms with Crippen molar-refractivity contribution in [2.24, 2.45) is 0 Å². The fourth-order valence-corrected chi connectivity index (χ4v) is 2.51. The van der Waals surface area contributed by atoms with Gasteiger partial charge in [0.05, 0.1) is 13.2 Å². The summed E-state index contributed by atoms with van der Waals surface area (Å²) in [7, 11) is 0. The van der Waals surface area contributed by atoms with Crippen LogP contribution in [0.3, 0.4) is 0 Å². The summed E-state index contributed by atoms with van der Waals surface area (Å²) in [5, 5.41) is 2.33. The van der Waals surface area contributed by atoms with Gasteiger partial charge in [0.1, 0.15) is 6.04 Å². The fourth-order valence-electron chi connectivity index (χ4n) is 2.51. The molecule has 5 nitrogen and oxygen atoms in total. The first-order valence-electron chi connectivity index (χ1n) is 6.84. The molecule has 0 aromatic heterocycles. The molecule has 20 heavy (non-hydrogen) atoms. The van der Waals surface area contributed by atoms with E-state index in [-0.39, 0.29) is 25.4 Å². The largest absolute Gasteiger partial charge is 0.405 e. The zero-order valence-electron chi connectivity index (χ0n) is 11.3. The van der Waals surface area contributed by atoms with E-state index < -0.39 is 12.2 Å². The minimum Gasteiger partial charge on any atom is -0.379 e. The smallest absolute Gasteiger partial charge is 0.379 e. The van der Waals surface area contributed by atoms with Gasteiger partial charge in [-0.15, -0.1) is 0 Å². The Morgan fingerprint density at radius 2 is 1.90 bits per heavy atom. The summed E-state index contributed by atoms with van der Waals surface area (Å²) in [6, 6.07) is -1.59.